The van der Waals surface area contributed by atoms with Crippen molar-refractivity contribution >= 4 is 24.3 Å². The highest BCUT2D eigenvalue weighted by atomic mass is 35.5. The number of benzene rings is 1. The molecule has 0 heterocycles. The molecule has 1 aromatic carbocycles. The summed E-state index contributed by atoms with van der Waals surface area (Å²) in [5.41, 5.74) is -0.569. The molecule has 188 valence electrons. The van der Waals surface area contributed by atoms with Gasteiger partial charge >= 0.3 is 11.9 Å². The van der Waals surface area contributed by atoms with E-state index >= 15 is 0 Å². The fraction of sp³-hybridized carbons (Fsp3) is 0.652. The number of aliphatic carboxylic acids is 2. The Balaban J connectivity index is -0.000000468. The number of phenols is 2. The maximum atomic E-state index is 10.2. The van der Waals surface area contributed by atoms with Crippen LogP contribution in [-0.4, -0.2) is 49.6 Å². The molecule has 32 heavy (non-hydrogen) atoms. The zero-order valence-corrected chi connectivity index (χ0v) is 21.4. The van der Waals surface area contributed by atoms with Crippen LogP contribution in [-0.2, 0) is 9.59 Å². The van der Waals surface area contributed by atoms with E-state index in [1.165, 1.54) is 12.1 Å². The maximum Gasteiger partial charge on any atom is 0.308 e. The summed E-state index contributed by atoms with van der Waals surface area (Å²) in [5, 5.41) is 48.6. The minimum Gasteiger partial charge on any atom is -0.504 e. The van der Waals surface area contributed by atoms with Crippen molar-refractivity contribution in [2.45, 2.75) is 86.9 Å². The Bertz CT molecular complexity index is 671. The molecule has 0 radical (unpaired) electrons. The topological polar surface area (TPSA) is 147 Å². The second-order valence-corrected chi connectivity index (χ2v) is 9.64. The summed E-state index contributed by atoms with van der Waals surface area (Å²) in [6.07, 6.45) is 0.0787. The van der Waals surface area contributed by atoms with Crippen molar-refractivity contribution < 1.29 is 35.1 Å². The summed E-state index contributed by atoms with van der Waals surface area (Å²) in [5.74, 6) is -1.90. The number of carboxylic acids is 2. The van der Waals surface area contributed by atoms with Gasteiger partial charge < -0.3 is 30.8 Å². The minimum atomic E-state index is -0.757. The number of carbonyl (C=O) groups is 2. The molecule has 0 aliphatic heterocycles. The van der Waals surface area contributed by atoms with Gasteiger partial charge in [0.2, 0.25) is 0 Å². The smallest absolute Gasteiger partial charge is 0.308 e. The maximum absolute atomic E-state index is 10.2. The molecule has 0 amide bonds. The summed E-state index contributed by atoms with van der Waals surface area (Å²) in [4.78, 5) is 20.0. The van der Waals surface area contributed by atoms with Crippen molar-refractivity contribution in [3.05, 3.63) is 23.8 Å². The van der Waals surface area contributed by atoms with Crippen molar-refractivity contribution in [3.8, 4) is 11.5 Å². The Kier molecular flexibility index (Phi) is 16.1. The third kappa shape index (κ3) is 14.9. The molecule has 2 unspecified atom stereocenters. The van der Waals surface area contributed by atoms with Gasteiger partial charge in [-0.05, 0) is 65.7 Å². The van der Waals surface area contributed by atoms with Gasteiger partial charge in [0.15, 0.2) is 11.5 Å². The van der Waals surface area contributed by atoms with Gasteiger partial charge in [-0.1, -0.05) is 26.8 Å². The minimum absolute atomic E-state index is 0. The molecule has 1 rings (SSSR count). The van der Waals surface area contributed by atoms with Crippen LogP contribution >= 0.6 is 12.4 Å². The van der Waals surface area contributed by atoms with Crippen LogP contribution in [0.2, 0.25) is 0 Å². The highest BCUT2D eigenvalue weighted by Crippen LogP contribution is 2.29. The van der Waals surface area contributed by atoms with E-state index in [9.17, 15) is 24.9 Å². The number of aliphatic hydroxyl groups excluding tert-OH is 1. The van der Waals surface area contributed by atoms with Gasteiger partial charge in [0.1, 0.15) is 0 Å². The van der Waals surface area contributed by atoms with E-state index in [-0.39, 0.29) is 36.0 Å². The Morgan fingerprint density at radius 3 is 1.53 bits per heavy atom. The van der Waals surface area contributed by atoms with Crippen LogP contribution in [0.5, 0.6) is 11.5 Å². The summed E-state index contributed by atoms with van der Waals surface area (Å²) in [6, 6.07) is 4.60. The number of nitrogens with one attached hydrogen (secondary N) is 1. The zero-order chi connectivity index (χ0) is 25.2. The van der Waals surface area contributed by atoms with Crippen LogP contribution in [0.3, 0.4) is 0 Å². The first-order valence-corrected chi connectivity index (χ1v) is 10.3. The second kappa shape index (κ2) is 14.9. The molecular weight excluding hydrogens is 438 g/mol. The molecule has 0 fully saturated rings. The molecule has 0 saturated heterocycles. The lowest BCUT2D eigenvalue weighted by atomic mass is 9.98. The SMILES string of the molecule is CC(C)(C)C(=O)O.CC(C)(C)C(=O)O.CCC(NC(C)C)C(O)c1ccc(O)c(O)c1.Cl. The number of phenolic OH excluding ortho intramolecular Hbond substituents is 2. The van der Waals surface area contributed by atoms with E-state index < -0.39 is 28.9 Å². The first-order chi connectivity index (χ1) is 13.8. The van der Waals surface area contributed by atoms with Gasteiger partial charge in [-0.15, -0.1) is 12.4 Å². The van der Waals surface area contributed by atoms with Crippen molar-refractivity contribution in [1.29, 1.82) is 0 Å². The van der Waals surface area contributed by atoms with Gasteiger partial charge in [0.25, 0.3) is 0 Å². The summed E-state index contributed by atoms with van der Waals surface area (Å²) < 4.78 is 0. The highest BCUT2D eigenvalue weighted by molar-refractivity contribution is 5.85. The molecule has 9 heteroatoms. The number of aromatic hydroxyl groups is 2. The zero-order valence-electron chi connectivity index (χ0n) is 20.6. The number of rotatable bonds is 5. The van der Waals surface area contributed by atoms with Crippen LogP contribution < -0.4 is 5.32 Å². The Morgan fingerprint density at radius 2 is 1.28 bits per heavy atom. The van der Waals surface area contributed by atoms with Crippen LogP contribution in [0.1, 0.15) is 80.4 Å². The Morgan fingerprint density at radius 1 is 0.906 bits per heavy atom. The van der Waals surface area contributed by atoms with Crippen molar-refractivity contribution in [3.63, 3.8) is 0 Å². The molecule has 6 N–H and O–H groups in total. The standard InChI is InChI=1S/C13H21NO3.2C5H10O2.ClH/c1-4-10(14-8(2)3)13(17)9-5-6-11(15)12(16)7-9;2*1-5(2,3)4(6)7;/h5-8,10,13-17H,4H2,1-3H3;2*1-3H3,(H,6,7);1H. The molecule has 1 aromatic rings. The van der Waals surface area contributed by atoms with Crippen LogP contribution in [0, 0.1) is 10.8 Å². The predicted octanol–water partition coefficient (Wildman–Crippen LogP) is 4.56. The molecule has 2 atom stereocenters. The fourth-order valence-corrected chi connectivity index (χ4v) is 1.82. The van der Waals surface area contributed by atoms with Crippen LogP contribution in [0.15, 0.2) is 18.2 Å². The average Bonchev–Trinajstić information content (AvgIpc) is 2.60. The number of hydrogen-bond acceptors (Lipinski definition) is 6. The van der Waals surface area contributed by atoms with E-state index in [1.807, 2.05) is 20.8 Å². The van der Waals surface area contributed by atoms with Gasteiger partial charge in [-0.3, -0.25) is 9.59 Å². The first-order valence-electron chi connectivity index (χ1n) is 10.3. The van der Waals surface area contributed by atoms with Crippen LogP contribution in [0.25, 0.3) is 0 Å². The molecule has 0 aliphatic rings. The third-order valence-corrected chi connectivity index (χ3v) is 3.99. The molecular formula is C23H42ClNO7. The lowest BCUT2D eigenvalue weighted by Gasteiger charge is -2.25. The van der Waals surface area contributed by atoms with Crippen molar-refractivity contribution in [2.24, 2.45) is 10.8 Å². The monoisotopic (exact) mass is 479 g/mol. The fourth-order valence-electron chi connectivity index (χ4n) is 1.82. The predicted molar refractivity (Wildman–Crippen MR) is 129 cm³/mol. The van der Waals surface area contributed by atoms with Gasteiger partial charge in [-0.2, -0.15) is 0 Å². The van der Waals surface area contributed by atoms with E-state index in [0.29, 0.717) is 5.56 Å². The molecule has 0 bridgehead atoms. The first kappa shape index (κ1) is 34.6. The van der Waals surface area contributed by atoms with E-state index in [4.69, 9.17) is 10.2 Å². The Labute approximate surface area is 198 Å². The lowest BCUT2D eigenvalue weighted by Crippen LogP contribution is -2.38. The van der Waals surface area contributed by atoms with Gasteiger partial charge in [0, 0.05) is 12.1 Å². The molecule has 0 spiro atoms. The lowest BCUT2D eigenvalue weighted by molar-refractivity contribution is -0.146. The van der Waals surface area contributed by atoms with Crippen molar-refractivity contribution in [1.82, 2.24) is 5.32 Å². The molecule has 0 aromatic heterocycles. The van der Waals surface area contributed by atoms with E-state index in [0.717, 1.165) is 6.42 Å². The number of aliphatic hydroxyl groups is 1. The number of hydrogen-bond donors (Lipinski definition) is 6. The quantitative estimate of drug-likeness (QED) is 0.336. The molecule has 0 saturated carbocycles. The summed E-state index contributed by atoms with van der Waals surface area (Å²) in [6.45, 7) is 16.0. The largest absolute Gasteiger partial charge is 0.504 e. The van der Waals surface area contributed by atoms with E-state index in [1.54, 1.807) is 47.6 Å². The van der Waals surface area contributed by atoms with Crippen molar-refractivity contribution in [2.75, 3.05) is 0 Å². The normalized spacial score (nSPS) is 12.8. The van der Waals surface area contributed by atoms with Gasteiger partial charge in [0.05, 0.1) is 16.9 Å². The number of carboxylic acid groups (broad SMARTS) is 2. The molecule has 8 nitrogen and oxygen atoms in total. The Hall–Kier alpha value is -2.03. The summed E-state index contributed by atoms with van der Waals surface area (Å²) in [7, 11) is 0. The third-order valence-electron chi connectivity index (χ3n) is 3.99. The van der Waals surface area contributed by atoms with Gasteiger partial charge in [-0.25, -0.2) is 0 Å². The highest BCUT2D eigenvalue weighted by Gasteiger charge is 2.21. The number of halogens is 1. The second-order valence-electron chi connectivity index (χ2n) is 9.64. The average molecular weight is 480 g/mol. The summed E-state index contributed by atoms with van der Waals surface area (Å²) >= 11 is 0. The van der Waals surface area contributed by atoms with Crippen LogP contribution in [0.4, 0.5) is 0 Å². The molecule has 0 aliphatic carbocycles. The van der Waals surface area contributed by atoms with E-state index in [2.05, 4.69) is 5.32 Å².